The molecule has 0 rings (SSSR count). The number of carbonyl (C=O) groups excluding carboxylic acids is 1. The Morgan fingerprint density at radius 1 is 1.57 bits per heavy atom. The van der Waals surface area contributed by atoms with Crippen LogP contribution >= 0.6 is 24.4 Å². The summed E-state index contributed by atoms with van der Waals surface area (Å²) in [6.45, 7) is 6.79. The Hall–Kier alpha value is 0.235. The maximum absolute atomic E-state index is 10.6. The van der Waals surface area contributed by atoms with E-state index in [1.165, 1.54) is 7.85 Å². The maximum Gasteiger partial charge on any atom is 0.243 e. The zero-order chi connectivity index (χ0) is 11.2. The number of thiol groups is 1. The van der Waals surface area contributed by atoms with Crippen LogP contribution in [-0.4, -0.2) is 29.7 Å². The number of rotatable bonds is 6. The average molecular weight is 234 g/mol. The van der Waals surface area contributed by atoms with E-state index < -0.39 is 0 Å². The van der Waals surface area contributed by atoms with Crippen LogP contribution in [0.2, 0.25) is 0 Å². The molecule has 0 spiro atoms. The highest BCUT2D eigenvalue weighted by Crippen LogP contribution is 2.38. The summed E-state index contributed by atoms with van der Waals surface area (Å²) in [7, 11) is 1.44. The van der Waals surface area contributed by atoms with E-state index in [0.717, 1.165) is 12.8 Å². The van der Waals surface area contributed by atoms with E-state index in [0.29, 0.717) is 11.9 Å². The molecular weight excluding hydrogens is 215 g/mol. The molecular formula is C9H19BO2S2. The molecule has 0 radical (unpaired) electrons. The Kier molecular flexibility index (Phi) is 6.78. The lowest BCUT2D eigenvalue weighted by Crippen LogP contribution is -2.21. The van der Waals surface area contributed by atoms with Gasteiger partial charge in [0.2, 0.25) is 13.7 Å². The molecule has 0 N–H and O–H groups in total. The largest absolute Gasteiger partial charge is 0.473 e. The predicted molar refractivity (Wildman–Crippen MR) is 69.2 cm³/mol. The summed E-state index contributed by atoms with van der Waals surface area (Å²) in [5.74, 6) is -0.213. The van der Waals surface area contributed by atoms with Crippen LogP contribution in [0, 0.1) is 0 Å². The molecule has 0 bridgehead atoms. The molecule has 0 saturated carbocycles. The number of carbonyl (C=O) groups is 1. The van der Waals surface area contributed by atoms with Gasteiger partial charge in [-0.3, -0.25) is 4.79 Å². The van der Waals surface area contributed by atoms with Crippen molar-refractivity contribution in [1.82, 2.24) is 0 Å². The van der Waals surface area contributed by atoms with Gasteiger partial charge in [0.1, 0.15) is 6.61 Å². The fraction of sp³-hybridized carbons (Fsp3) is 0.889. The van der Waals surface area contributed by atoms with Crippen molar-refractivity contribution in [2.75, 3.05) is 6.61 Å². The van der Waals surface area contributed by atoms with Gasteiger partial charge in [-0.2, -0.15) is 12.6 Å². The zero-order valence-corrected chi connectivity index (χ0v) is 11.1. The molecule has 14 heavy (non-hydrogen) atoms. The van der Waals surface area contributed by atoms with E-state index in [2.05, 4.69) is 33.4 Å². The summed E-state index contributed by atoms with van der Waals surface area (Å²) < 4.78 is 4.96. The highest BCUT2D eigenvalue weighted by Gasteiger charge is 2.24. The monoisotopic (exact) mass is 234 g/mol. The van der Waals surface area contributed by atoms with Gasteiger partial charge in [-0.05, 0) is 19.8 Å². The summed E-state index contributed by atoms with van der Waals surface area (Å²) in [5.41, 5.74) is 0. The number of hydrogen-bond acceptors (Lipinski definition) is 4. The predicted octanol–water partition coefficient (Wildman–Crippen LogP) is 2.32. The van der Waals surface area contributed by atoms with E-state index in [4.69, 9.17) is 4.74 Å². The van der Waals surface area contributed by atoms with Crippen LogP contribution in [0.3, 0.4) is 0 Å². The molecule has 2 nitrogen and oxygen atoms in total. The van der Waals surface area contributed by atoms with Gasteiger partial charge in [0.05, 0.1) is 4.08 Å². The normalized spacial score (nSPS) is 13.7. The zero-order valence-electron chi connectivity index (χ0n) is 9.37. The molecule has 0 unspecified atom stereocenters. The lowest BCUT2D eigenvalue weighted by atomic mass is 10.2. The van der Waals surface area contributed by atoms with E-state index >= 15 is 0 Å². The topological polar surface area (TPSA) is 26.3 Å². The second-order valence-corrected chi connectivity index (χ2v) is 6.36. The third-order valence-electron chi connectivity index (χ3n) is 2.05. The van der Waals surface area contributed by atoms with E-state index in [9.17, 15) is 4.79 Å². The SMILES string of the molecule is BC(=O)OC[C@@H](C)SC(S)(CC)CC. The van der Waals surface area contributed by atoms with Crippen LogP contribution in [0.1, 0.15) is 33.6 Å². The molecule has 1 atom stereocenters. The van der Waals surface area contributed by atoms with Crippen molar-refractivity contribution in [3.05, 3.63) is 0 Å². The van der Waals surface area contributed by atoms with Gasteiger partial charge >= 0.3 is 0 Å². The molecule has 82 valence electrons. The van der Waals surface area contributed by atoms with Gasteiger partial charge < -0.3 is 4.74 Å². The molecule has 0 aliphatic heterocycles. The van der Waals surface area contributed by atoms with Crippen LogP contribution in [0.5, 0.6) is 0 Å². The first-order valence-electron chi connectivity index (χ1n) is 4.97. The van der Waals surface area contributed by atoms with Gasteiger partial charge in [-0.25, -0.2) is 0 Å². The number of thioether (sulfide) groups is 1. The molecule has 0 aliphatic rings. The van der Waals surface area contributed by atoms with Crippen molar-refractivity contribution in [3.63, 3.8) is 0 Å². The Morgan fingerprint density at radius 3 is 2.43 bits per heavy atom. The summed E-state index contributed by atoms with van der Waals surface area (Å²) in [5, 5.41) is 0.302. The van der Waals surface area contributed by atoms with Crippen molar-refractivity contribution in [1.29, 1.82) is 0 Å². The fourth-order valence-electron chi connectivity index (χ4n) is 1.06. The summed E-state index contributed by atoms with van der Waals surface area (Å²) in [6, 6.07) is 0. The Labute approximate surface area is 97.4 Å². The first-order valence-corrected chi connectivity index (χ1v) is 6.29. The van der Waals surface area contributed by atoms with Gasteiger partial charge in [-0.15, -0.1) is 11.8 Å². The minimum Gasteiger partial charge on any atom is -0.473 e. The lowest BCUT2D eigenvalue weighted by molar-refractivity contribution is 0.175. The molecule has 0 fully saturated rings. The first-order chi connectivity index (χ1) is 6.43. The quantitative estimate of drug-likeness (QED) is 0.434. The van der Waals surface area contributed by atoms with Crippen molar-refractivity contribution in [2.24, 2.45) is 0 Å². The molecule has 5 heteroatoms. The molecule has 0 heterocycles. The van der Waals surface area contributed by atoms with Crippen LogP contribution in [-0.2, 0) is 4.74 Å². The highest BCUT2D eigenvalue weighted by molar-refractivity contribution is 8.11. The van der Waals surface area contributed by atoms with Gasteiger partial charge in [-0.1, -0.05) is 13.8 Å². The lowest BCUT2D eigenvalue weighted by Gasteiger charge is -2.28. The minimum atomic E-state index is -0.213. The molecule has 0 aromatic rings. The van der Waals surface area contributed by atoms with Crippen LogP contribution in [0.15, 0.2) is 0 Å². The van der Waals surface area contributed by atoms with Crippen LogP contribution < -0.4 is 0 Å². The number of ether oxygens (including phenoxy) is 1. The third kappa shape index (κ3) is 5.86. The first kappa shape index (κ1) is 14.2. The Balaban J connectivity index is 3.90. The third-order valence-corrected chi connectivity index (χ3v) is 4.55. The molecule has 0 aliphatic carbocycles. The Bertz CT molecular complexity index is 184. The van der Waals surface area contributed by atoms with Crippen molar-refractivity contribution < 1.29 is 9.53 Å². The highest BCUT2D eigenvalue weighted by atomic mass is 32.2. The van der Waals surface area contributed by atoms with Gasteiger partial charge in [0.15, 0.2) is 0 Å². The minimum absolute atomic E-state index is 0.0135. The summed E-state index contributed by atoms with van der Waals surface area (Å²) in [4.78, 5) is 10.6. The molecule has 0 saturated heterocycles. The van der Waals surface area contributed by atoms with E-state index in [1.807, 2.05) is 0 Å². The van der Waals surface area contributed by atoms with Crippen LogP contribution in [0.4, 0.5) is 4.79 Å². The Morgan fingerprint density at radius 2 is 2.07 bits per heavy atom. The molecule has 0 aromatic carbocycles. The van der Waals surface area contributed by atoms with E-state index in [1.54, 1.807) is 11.8 Å². The smallest absolute Gasteiger partial charge is 0.243 e. The number of hydrogen-bond donors (Lipinski definition) is 1. The van der Waals surface area contributed by atoms with Crippen molar-refractivity contribution in [3.8, 4) is 0 Å². The van der Waals surface area contributed by atoms with Gasteiger partial charge in [0, 0.05) is 5.25 Å². The summed E-state index contributed by atoms with van der Waals surface area (Å²) in [6.07, 6.45) is 2.03. The van der Waals surface area contributed by atoms with Crippen molar-refractivity contribution in [2.45, 2.75) is 42.9 Å². The van der Waals surface area contributed by atoms with Crippen molar-refractivity contribution >= 4 is 38.1 Å². The van der Waals surface area contributed by atoms with Crippen LogP contribution in [0.25, 0.3) is 0 Å². The molecule has 0 aromatic heterocycles. The van der Waals surface area contributed by atoms with Gasteiger partial charge in [0.25, 0.3) is 0 Å². The standard InChI is InChI=1S/C9H19BO2S2/c1-4-9(13,5-2)14-7(3)6-12-8(10)11/h7,13H,4-6,10H2,1-3H3/t7-/m1/s1. The average Bonchev–Trinajstić information content (AvgIpc) is 2.14. The summed E-state index contributed by atoms with van der Waals surface area (Å²) >= 11 is 6.40. The second kappa shape index (κ2) is 6.67. The fourth-order valence-corrected chi connectivity index (χ4v) is 2.82. The van der Waals surface area contributed by atoms with E-state index in [-0.39, 0.29) is 9.95 Å². The molecule has 0 amide bonds. The second-order valence-electron chi connectivity index (χ2n) is 3.38. The maximum atomic E-state index is 10.6.